The van der Waals surface area contributed by atoms with Gasteiger partial charge < -0.3 is 9.47 Å². The Morgan fingerprint density at radius 3 is 1.90 bits per heavy atom. The molecular formula is C21H34O7S. The lowest BCUT2D eigenvalue weighted by molar-refractivity contribution is -0.149. The third-order valence-corrected chi connectivity index (χ3v) is 4.50. The maximum absolute atomic E-state index is 11.9. The van der Waals surface area contributed by atoms with E-state index in [-0.39, 0.29) is 24.5 Å². The molecule has 0 unspecified atom stereocenters. The van der Waals surface area contributed by atoms with E-state index < -0.39 is 15.5 Å². The Morgan fingerprint density at radius 2 is 1.52 bits per heavy atom. The summed E-state index contributed by atoms with van der Waals surface area (Å²) in [5.41, 5.74) is 1.09. The van der Waals surface area contributed by atoms with E-state index in [2.05, 4.69) is 4.74 Å². The van der Waals surface area contributed by atoms with E-state index in [9.17, 15) is 18.0 Å². The van der Waals surface area contributed by atoms with Crippen molar-refractivity contribution in [3.63, 3.8) is 0 Å². The zero-order chi connectivity index (χ0) is 22.7. The molecule has 0 heterocycles. The normalized spacial score (nSPS) is 11.4. The molecule has 0 N–H and O–H groups in total. The highest BCUT2D eigenvalue weighted by Crippen LogP contribution is 2.25. The Bertz CT molecular complexity index is 735. The number of hydrogen-bond acceptors (Lipinski definition) is 7. The SMILES string of the molecule is CCOC(=O)C(C)(C)c1ccc(CCOS(C)(=O)=O)cc1.CCOC(=O)C(C)C. The van der Waals surface area contributed by atoms with Crippen molar-refractivity contribution in [3.05, 3.63) is 35.4 Å². The van der Waals surface area contributed by atoms with Crippen LogP contribution in [0.25, 0.3) is 0 Å². The minimum absolute atomic E-state index is 0.00921. The van der Waals surface area contributed by atoms with Gasteiger partial charge in [0.05, 0.1) is 37.4 Å². The number of esters is 2. The van der Waals surface area contributed by atoms with E-state index in [0.29, 0.717) is 19.6 Å². The van der Waals surface area contributed by atoms with Crippen LogP contribution in [0.1, 0.15) is 52.7 Å². The number of carbonyl (C=O) groups excluding carboxylic acids is 2. The van der Waals surface area contributed by atoms with Crippen molar-refractivity contribution in [2.24, 2.45) is 5.92 Å². The molecule has 0 amide bonds. The molecule has 0 aromatic heterocycles. The summed E-state index contributed by atoms with van der Waals surface area (Å²) in [4.78, 5) is 22.4. The zero-order valence-electron chi connectivity index (χ0n) is 18.5. The molecule has 0 aliphatic rings. The molecule has 0 fully saturated rings. The minimum Gasteiger partial charge on any atom is -0.466 e. The molecule has 0 spiro atoms. The number of rotatable bonds is 9. The van der Waals surface area contributed by atoms with Crippen LogP contribution < -0.4 is 0 Å². The van der Waals surface area contributed by atoms with Crippen molar-refractivity contribution < 1.29 is 31.7 Å². The molecule has 0 saturated heterocycles. The lowest BCUT2D eigenvalue weighted by Crippen LogP contribution is -2.31. The first-order valence-corrected chi connectivity index (χ1v) is 11.4. The van der Waals surface area contributed by atoms with Crippen molar-refractivity contribution in [1.82, 2.24) is 0 Å². The third kappa shape index (κ3) is 11.0. The summed E-state index contributed by atoms with van der Waals surface area (Å²) in [6.07, 6.45) is 1.52. The van der Waals surface area contributed by atoms with Crippen molar-refractivity contribution in [3.8, 4) is 0 Å². The predicted octanol–water partition coefficient (Wildman–Crippen LogP) is 3.25. The van der Waals surface area contributed by atoms with Gasteiger partial charge in [-0.05, 0) is 45.2 Å². The summed E-state index contributed by atoms with van der Waals surface area (Å²) in [5, 5.41) is 0. The molecule has 1 aromatic carbocycles. The molecule has 7 nitrogen and oxygen atoms in total. The molecule has 0 bridgehead atoms. The minimum atomic E-state index is -3.40. The van der Waals surface area contributed by atoms with Gasteiger partial charge in [0, 0.05) is 0 Å². The summed E-state index contributed by atoms with van der Waals surface area (Å²) in [6.45, 7) is 11.8. The van der Waals surface area contributed by atoms with E-state index in [1.165, 1.54) is 0 Å². The van der Waals surface area contributed by atoms with Gasteiger partial charge in [-0.2, -0.15) is 8.42 Å². The molecule has 0 saturated carbocycles. The maximum atomic E-state index is 11.9. The molecule has 0 radical (unpaired) electrons. The smallest absolute Gasteiger partial charge is 0.315 e. The third-order valence-electron chi connectivity index (χ3n) is 3.91. The van der Waals surface area contributed by atoms with Gasteiger partial charge in [-0.15, -0.1) is 0 Å². The average Bonchev–Trinajstić information content (AvgIpc) is 2.62. The second-order valence-electron chi connectivity index (χ2n) is 7.23. The molecule has 1 rings (SSSR count). The van der Waals surface area contributed by atoms with Crippen LogP contribution in [0.2, 0.25) is 0 Å². The highest BCUT2D eigenvalue weighted by atomic mass is 32.2. The van der Waals surface area contributed by atoms with Crippen LogP contribution in [0.4, 0.5) is 0 Å². The fraction of sp³-hybridized carbons (Fsp3) is 0.619. The number of ether oxygens (including phenoxy) is 2. The molecule has 0 aliphatic heterocycles. The topological polar surface area (TPSA) is 96.0 Å². The fourth-order valence-electron chi connectivity index (χ4n) is 2.14. The van der Waals surface area contributed by atoms with Gasteiger partial charge in [-0.1, -0.05) is 38.1 Å². The van der Waals surface area contributed by atoms with E-state index in [4.69, 9.17) is 8.92 Å². The van der Waals surface area contributed by atoms with Gasteiger partial charge in [0.25, 0.3) is 10.1 Å². The van der Waals surface area contributed by atoms with Crippen molar-refractivity contribution in [2.75, 3.05) is 26.1 Å². The Kier molecular flexibility index (Phi) is 11.8. The quantitative estimate of drug-likeness (QED) is 0.438. The molecule has 0 aliphatic carbocycles. The van der Waals surface area contributed by atoms with Crippen LogP contribution in [0, 0.1) is 5.92 Å². The van der Waals surface area contributed by atoms with Crippen LogP contribution in [-0.2, 0) is 45.2 Å². The molecular weight excluding hydrogens is 396 g/mol. The van der Waals surface area contributed by atoms with Gasteiger partial charge in [0.1, 0.15) is 0 Å². The molecule has 166 valence electrons. The summed E-state index contributed by atoms with van der Waals surface area (Å²) < 4.78 is 36.2. The lowest BCUT2D eigenvalue weighted by atomic mass is 9.84. The summed E-state index contributed by atoms with van der Waals surface area (Å²) in [6, 6.07) is 7.43. The number of benzene rings is 1. The highest BCUT2D eigenvalue weighted by molar-refractivity contribution is 7.85. The lowest BCUT2D eigenvalue weighted by Gasteiger charge is -2.23. The van der Waals surface area contributed by atoms with E-state index in [1.54, 1.807) is 13.8 Å². The van der Waals surface area contributed by atoms with Crippen molar-refractivity contribution >= 4 is 22.1 Å². The van der Waals surface area contributed by atoms with Gasteiger partial charge in [0.15, 0.2) is 0 Å². The van der Waals surface area contributed by atoms with Gasteiger partial charge in [-0.25, -0.2) is 0 Å². The standard InChI is InChI=1S/C15H22O5S.C6H12O2/c1-5-19-14(16)15(2,3)13-8-6-12(7-9-13)10-11-20-21(4,17)18;1-4-8-6(7)5(2)3/h6-9H,5,10-11H2,1-4H3;5H,4H2,1-3H3. The summed E-state index contributed by atoms with van der Waals surface area (Å²) in [5.74, 6) is -0.374. The second kappa shape index (κ2) is 12.6. The molecule has 1 aromatic rings. The van der Waals surface area contributed by atoms with Crippen LogP contribution in [-0.4, -0.2) is 46.4 Å². The fourth-order valence-corrected chi connectivity index (χ4v) is 2.52. The molecule has 29 heavy (non-hydrogen) atoms. The van der Waals surface area contributed by atoms with Crippen LogP contribution in [0.15, 0.2) is 24.3 Å². The van der Waals surface area contributed by atoms with Gasteiger partial charge >= 0.3 is 11.9 Å². The Morgan fingerprint density at radius 1 is 1.00 bits per heavy atom. The predicted molar refractivity (Wildman–Crippen MR) is 112 cm³/mol. The Labute approximate surface area is 174 Å². The first-order valence-electron chi connectivity index (χ1n) is 9.62. The Balaban J connectivity index is 0.000000828. The second-order valence-corrected chi connectivity index (χ2v) is 8.87. The maximum Gasteiger partial charge on any atom is 0.315 e. The van der Waals surface area contributed by atoms with Crippen LogP contribution in [0.5, 0.6) is 0 Å². The number of hydrogen-bond donors (Lipinski definition) is 0. The molecule has 0 atom stereocenters. The van der Waals surface area contributed by atoms with Gasteiger partial charge in [-0.3, -0.25) is 13.8 Å². The van der Waals surface area contributed by atoms with Crippen molar-refractivity contribution in [1.29, 1.82) is 0 Å². The van der Waals surface area contributed by atoms with E-state index in [0.717, 1.165) is 17.4 Å². The number of carbonyl (C=O) groups is 2. The van der Waals surface area contributed by atoms with Gasteiger partial charge in [0.2, 0.25) is 0 Å². The monoisotopic (exact) mass is 430 g/mol. The Hall–Kier alpha value is -1.93. The largest absolute Gasteiger partial charge is 0.466 e. The first kappa shape index (κ1) is 27.1. The van der Waals surface area contributed by atoms with Crippen LogP contribution in [0.3, 0.4) is 0 Å². The van der Waals surface area contributed by atoms with E-state index >= 15 is 0 Å². The zero-order valence-corrected chi connectivity index (χ0v) is 19.3. The average molecular weight is 431 g/mol. The van der Waals surface area contributed by atoms with E-state index in [1.807, 2.05) is 52.0 Å². The summed E-state index contributed by atoms with van der Waals surface area (Å²) in [7, 11) is -3.40. The highest BCUT2D eigenvalue weighted by Gasteiger charge is 2.31. The van der Waals surface area contributed by atoms with Crippen molar-refractivity contribution in [2.45, 2.75) is 53.4 Å². The molecule has 8 heteroatoms. The first-order chi connectivity index (χ1) is 13.3. The summed E-state index contributed by atoms with van der Waals surface area (Å²) >= 11 is 0. The van der Waals surface area contributed by atoms with Crippen LogP contribution >= 0.6 is 0 Å².